The maximum absolute atomic E-state index is 11.9. The zero-order chi connectivity index (χ0) is 13.8. The highest BCUT2D eigenvalue weighted by Gasteiger charge is 2.29. The number of piperidine rings is 1. The fourth-order valence-electron chi connectivity index (χ4n) is 1.86. The molecule has 1 fully saturated rings. The van der Waals surface area contributed by atoms with Crippen molar-refractivity contribution in [3.05, 3.63) is 0 Å². The van der Waals surface area contributed by atoms with Crippen LogP contribution in [0.15, 0.2) is 0 Å². The molecule has 5 nitrogen and oxygen atoms in total. The number of hydrogen-bond acceptors (Lipinski definition) is 3. The summed E-state index contributed by atoms with van der Waals surface area (Å²) in [4.78, 5) is 24.5. The van der Waals surface area contributed by atoms with Crippen LogP contribution in [-0.4, -0.2) is 36.6 Å². The minimum absolute atomic E-state index is 0.00764. The number of esters is 1. The Morgan fingerprint density at radius 1 is 1.44 bits per heavy atom. The third kappa shape index (κ3) is 4.20. The van der Waals surface area contributed by atoms with Gasteiger partial charge in [0.1, 0.15) is 0 Å². The van der Waals surface area contributed by atoms with Crippen LogP contribution in [0.3, 0.4) is 0 Å². The minimum atomic E-state index is -0.457. The lowest BCUT2D eigenvalue weighted by Crippen LogP contribution is -2.45. The lowest BCUT2D eigenvalue weighted by molar-refractivity contribution is -0.153. The number of rotatable bonds is 4. The van der Waals surface area contributed by atoms with E-state index in [-0.39, 0.29) is 17.3 Å². The summed E-state index contributed by atoms with van der Waals surface area (Å²) in [5.74, 6) is -0.429. The monoisotopic (exact) mass is 256 g/mol. The Hall–Kier alpha value is -1.26. The maximum atomic E-state index is 11.9. The molecule has 0 radical (unpaired) electrons. The largest absolute Gasteiger partial charge is 0.465 e. The van der Waals surface area contributed by atoms with E-state index in [9.17, 15) is 9.59 Å². The molecule has 18 heavy (non-hydrogen) atoms. The fourth-order valence-corrected chi connectivity index (χ4v) is 1.86. The van der Waals surface area contributed by atoms with E-state index >= 15 is 0 Å². The summed E-state index contributed by atoms with van der Waals surface area (Å²) >= 11 is 0. The minimum Gasteiger partial charge on any atom is -0.465 e. The van der Waals surface area contributed by atoms with Gasteiger partial charge >= 0.3 is 12.0 Å². The van der Waals surface area contributed by atoms with Crippen molar-refractivity contribution in [3.8, 4) is 0 Å². The molecule has 1 saturated heterocycles. The topological polar surface area (TPSA) is 72.6 Å². The van der Waals surface area contributed by atoms with Crippen molar-refractivity contribution in [2.45, 2.75) is 40.0 Å². The van der Waals surface area contributed by atoms with Gasteiger partial charge in [0.05, 0.1) is 12.5 Å². The van der Waals surface area contributed by atoms with Crippen LogP contribution in [0.2, 0.25) is 0 Å². The van der Waals surface area contributed by atoms with Crippen LogP contribution in [0.1, 0.15) is 40.0 Å². The van der Waals surface area contributed by atoms with Gasteiger partial charge in [-0.25, -0.2) is 4.79 Å². The molecule has 1 heterocycles. The van der Waals surface area contributed by atoms with Gasteiger partial charge in [-0.05, 0) is 24.7 Å². The number of ether oxygens (including phenoxy) is 1. The number of nitrogens with two attached hydrogens (primary N) is 1. The van der Waals surface area contributed by atoms with Gasteiger partial charge in [-0.2, -0.15) is 0 Å². The molecule has 5 heteroatoms. The lowest BCUT2D eigenvalue weighted by atomic mass is 9.91. The second-order valence-corrected chi connectivity index (χ2v) is 5.75. The maximum Gasteiger partial charge on any atom is 0.314 e. The number of likely N-dealkylation sites (tertiary alicyclic amines) is 1. The molecule has 2 N–H and O–H groups in total. The molecule has 1 aliphatic rings. The Morgan fingerprint density at radius 3 is 2.67 bits per heavy atom. The van der Waals surface area contributed by atoms with Gasteiger partial charge in [-0.3, -0.25) is 4.79 Å². The quantitative estimate of drug-likeness (QED) is 0.779. The zero-order valence-electron chi connectivity index (χ0n) is 11.6. The second kappa shape index (κ2) is 6.07. The van der Waals surface area contributed by atoms with Crippen LogP contribution in [0, 0.1) is 11.3 Å². The number of urea groups is 1. The van der Waals surface area contributed by atoms with Crippen LogP contribution in [0.4, 0.5) is 4.79 Å². The van der Waals surface area contributed by atoms with Crippen LogP contribution >= 0.6 is 0 Å². The molecule has 0 aromatic heterocycles. The molecule has 0 spiro atoms. The van der Waals surface area contributed by atoms with Gasteiger partial charge in [-0.1, -0.05) is 20.8 Å². The molecule has 2 amide bonds. The van der Waals surface area contributed by atoms with E-state index in [1.807, 2.05) is 0 Å². The smallest absolute Gasteiger partial charge is 0.314 e. The van der Waals surface area contributed by atoms with E-state index in [1.54, 1.807) is 0 Å². The van der Waals surface area contributed by atoms with Crippen molar-refractivity contribution in [1.29, 1.82) is 0 Å². The van der Waals surface area contributed by atoms with Crippen molar-refractivity contribution in [3.63, 3.8) is 0 Å². The molecule has 1 rings (SSSR count). The Balaban J connectivity index is 2.44. The Kier molecular flexibility index (Phi) is 4.99. The highest BCUT2D eigenvalue weighted by molar-refractivity contribution is 5.76. The fraction of sp³-hybridized carbons (Fsp3) is 0.846. The molecule has 0 saturated carbocycles. The lowest BCUT2D eigenvalue weighted by Gasteiger charge is -2.31. The summed E-state index contributed by atoms with van der Waals surface area (Å²) in [6.45, 7) is 7.66. The predicted molar refractivity (Wildman–Crippen MR) is 68.9 cm³/mol. The van der Waals surface area contributed by atoms with Crippen molar-refractivity contribution >= 4 is 12.0 Å². The molecule has 0 aromatic carbocycles. The van der Waals surface area contributed by atoms with Crippen LogP contribution in [0.5, 0.6) is 0 Å². The van der Waals surface area contributed by atoms with Crippen molar-refractivity contribution < 1.29 is 14.3 Å². The molecule has 1 atom stereocenters. The average molecular weight is 256 g/mol. The van der Waals surface area contributed by atoms with Gasteiger partial charge < -0.3 is 15.4 Å². The summed E-state index contributed by atoms with van der Waals surface area (Å²) in [6.07, 6.45) is 2.54. The average Bonchev–Trinajstić information content (AvgIpc) is 2.36. The molecule has 1 aliphatic heterocycles. The van der Waals surface area contributed by atoms with Crippen LogP contribution in [0.25, 0.3) is 0 Å². The van der Waals surface area contributed by atoms with Crippen molar-refractivity contribution in [2.24, 2.45) is 17.1 Å². The van der Waals surface area contributed by atoms with E-state index < -0.39 is 6.03 Å². The summed E-state index contributed by atoms with van der Waals surface area (Å²) in [5, 5.41) is 0. The normalized spacial score (nSPS) is 20.6. The Labute approximate surface area is 109 Å². The van der Waals surface area contributed by atoms with E-state index in [4.69, 9.17) is 10.5 Å². The molecule has 104 valence electrons. The molecule has 1 unspecified atom stereocenters. The number of primary amides is 1. The van der Waals surface area contributed by atoms with Gasteiger partial charge in [0.15, 0.2) is 0 Å². The Morgan fingerprint density at radius 2 is 2.11 bits per heavy atom. The van der Waals surface area contributed by atoms with E-state index in [0.717, 1.165) is 19.3 Å². The SMILES string of the molecule is CCC(C)(C)COC(=O)C1CCCN(C(N)=O)C1. The summed E-state index contributed by atoms with van der Waals surface area (Å²) in [7, 11) is 0. The van der Waals surface area contributed by atoms with Gasteiger partial charge in [-0.15, -0.1) is 0 Å². The summed E-state index contributed by atoms with van der Waals surface area (Å²) in [5.41, 5.74) is 5.24. The molecule has 0 aromatic rings. The van der Waals surface area contributed by atoms with E-state index in [1.165, 1.54) is 4.90 Å². The zero-order valence-corrected chi connectivity index (χ0v) is 11.6. The first-order valence-electron chi connectivity index (χ1n) is 6.57. The third-order valence-corrected chi connectivity index (χ3v) is 3.63. The van der Waals surface area contributed by atoms with Crippen molar-refractivity contribution in [2.75, 3.05) is 19.7 Å². The second-order valence-electron chi connectivity index (χ2n) is 5.75. The number of carbonyl (C=O) groups excluding carboxylic acids is 2. The number of amides is 2. The standard InChI is InChI=1S/C13H24N2O3/c1-4-13(2,3)9-18-11(16)10-6-5-7-15(8-10)12(14)17/h10H,4-9H2,1-3H3,(H2,14,17). The van der Waals surface area contributed by atoms with Crippen LogP contribution < -0.4 is 5.73 Å². The predicted octanol–water partition coefficient (Wildman–Crippen LogP) is 1.76. The van der Waals surface area contributed by atoms with Gasteiger partial charge in [0.2, 0.25) is 0 Å². The van der Waals surface area contributed by atoms with Gasteiger partial charge in [0.25, 0.3) is 0 Å². The molecule has 0 bridgehead atoms. The number of carbonyl (C=O) groups is 2. The first kappa shape index (κ1) is 14.8. The summed E-state index contributed by atoms with van der Waals surface area (Å²) in [6, 6.07) is -0.457. The van der Waals surface area contributed by atoms with E-state index in [2.05, 4.69) is 20.8 Å². The third-order valence-electron chi connectivity index (χ3n) is 3.63. The molecular formula is C13H24N2O3. The number of nitrogens with zero attached hydrogens (tertiary/aromatic N) is 1. The van der Waals surface area contributed by atoms with Crippen molar-refractivity contribution in [1.82, 2.24) is 4.90 Å². The Bertz CT molecular complexity index is 315. The molecule has 0 aliphatic carbocycles. The van der Waals surface area contributed by atoms with E-state index in [0.29, 0.717) is 19.7 Å². The first-order valence-corrected chi connectivity index (χ1v) is 6.57. The highest BCUT2D eigenvalue weighted by atomic mass is 16.5. The summed E-state index contributed by atoms with van der Waals surface area (Å²) < 4.78 is 5.35. The van der Waals surface area contributed by atoms with Gasteiger partial charge in [0, 0.05) is 13.1 Å². The first-order chi connectivity index (χ1) is 8.35. The number of hydrogen-bond donors (Lipinski definition) is 1. The molecular weight excluding hydrogens is 232 g/mol. The van der Waals surface area contributed by atoms with Crippen LogP contribution in [-0.2, 0) is 9.53 Å². The highest BCUT2D eigenvalue weighted by Crippen LogP contribution is 2.22.